The van der Waals surface area contributed by atoms with Gasteiger partial charge in [0.05, 0.1) is 17.7 Å². The summed E-state index contributed by atoms with van der Waals surface area (Å²) in [4.78, 5) is 4.58. The van der Waals surface area contributed by atoms with Crippen molar-refractivity contribution in [1.82, 2.24) is 14.6 Å². The number of anilines is 1. The molecule has 1 N–H and O–H groups in total. The monoisotopic (exact) mass is 442 g/mol. The summed E-state index contributed by atoms with van der Waals surface area (Å²) in [5.41, 5.74) is 1.25. The van der Waals surface area contributed by atoms with Crippen molar-refractivity contribution in [3.63, 3.8) is 0 Å². The van der Waals surface area contributed by atoms with Crippen molar-refractivity contribution in [2.75, 3.05) is 23.4 Å². The van der Waals surface area contributed by atoms with Crippen LogP contribution in [0.4, 0.5) is 19.0 Å². The topological polar surface area (TPSA) is 85.6 Å². The first-order valence-electron chi connectivity index (χ1n) is 9.61. The zero-order valence-electron chi connectivity index (χ0n) is 16.0. The van der Waals surface area contributed by atoms with Gasteiger partial charge in [-0.1, -0.05) is 6.08 Å². The summed E-state index contributed by atoms with van der Waals surface area (Å²) in [5.74, 6) is 0.699. The Hall–Kier alpha value is -2.56. The smallest absolute Gasteiger partial charge is 0.406 e. The van der Waals surface area contributed by atoms with Crippen molar-refractivity contribution >= 4 is 21.3 Å². The number of sulfone groups is 1. The highest BCUT2D eigenvalue weighted by Gasteiger charge is 2.32. The molecule has 1 aliphatic carbocycles. The summed E-state index contributed by atoms with van der Waals surface area (Å²) in [7, 11) is -2.90. The van der Waals surface area contributed by atoms with E-state index in [0.29, 0.717) is 42.8 Å². The van der Waals surface area contributed by atoms with Crippen LogP contribution in [0.2, 0.25) is 0 Å². The summed E-state index contributed by atoms with van der Waals surface area (Å²) < 4.78 is 66.3. The number of nitrogens with one attached hydrogen (secondary N) is 1. The third kappa shape index (κ3) is 4.94. The lowest BCUT2D eigenvalue weighted by Gasteiger charge is -2.22. The third-order valence-corrected chi connectivity index (χ3v) is 7.03. The Balaban J connectivity index is 1.49. The number of alkyl halides is 3. The second-order valence-electron chi connectivity index (χ2n) is 7.52. The maximum Gasteiger partial charge on any atom is 0.573 e. The van der Waals surface area contributed by atoms with Gasteiger partial charge in [-0.3, -0.25) is 0 Å². The number of ether oxygens (including phenoxy) is 1. The number of hydrogen-bond acceptors (Lipinski definition) is 6. The highest BCUT2D eigenvalue weighted by Crippen LogP contribution is 2.32. The molecule has 2 aromatic heterocycles. The number of allylic oxidation sites excluding steroid dienone is 3. The van der Waals surface area contributed by atoms with E-state index in [1.165, 1.54) is 12.2 Å². The largest absolute Gasteiger partial charge is 0.573 e. The van der Waals surface area contributed by atoms with E-state index in [9.17, 15) is 21.6 Å². The first kappa shape index (κ1) is 20.7. The molecule has 0 spiro atoms. The van der Waals surface area contributed by atoms with Crippen LogP contribution in [0.15, 0.2) is 42.4 Å². The fourth-order valence-corrected chi connectivity index (χ4v) is 5.30. The minimum absolute atomic E-state index is 0.211. The van der Waals surface area contributed by atoms with Gasteiger partial charge in [0.15, 0.2) is 5.65 Å². The Labute approximate surface area is 171 Å². The third-order valence-electron chi connectivity index (χ3n) is 5.31. The summed E-state index contributed by atoms with van der Waals surface area (Å²) in [6, 6.07) is 1.76. The fourth-order valence-electron chi connectivity index (χ4n) is 3.71. The molecule has 1 aliphatic heterocycles. The van der Waals surface area contributed by atoms with Crippen LogP contribution in [0.3, 0.4) is 0 Å². The van der Waals surface area contributed by atoms with Crippen molar-refractivity contribution in [2.24, 2.45) is 5.92 Å². The second kappa shape index (κ2) is 7.93. The van der Waals surface area contributed by atoms with E-state index < -0.39 is 16.2 Å². The first-order chi connectivity index (χ1) is 14.2. The normalized spacial score (nSPS) is 22.1. The molecular weight excluding hydrogens is 421 g/mol. The Morgan fingerprint density at radius 3 is 2.77 bits per heavy atom. The van der Waals surface area contributed by atoms with Crippen molar-refractivity contribution in [1.29, 1.82) is 0 Å². The van der Waals surface area contributed by atoms with Crippen molar-refractivity contribution in [2.45, 2.75) is 31.5 Å². The number of rotatable bonds is 5. The SMILES string of the molecule is O=S1(=O)CCC(CNc2ccn3ncc(C4C=C(OC(F)(F)F)C=CC4)c3n2)CC1. The van der Waals surface area contributed by atoms with Crippen LogP contribution >= 0.6 is 0 Å². The molecule has 1 saturated heterocycles. The molecule has 4 rings (SSSR count). The summed E-state index contributed by atoms with van der Waals surface area (Å²) in [6.45, 7) is 0.609. The van der Waals surface area contributed by atoms with Crippen LogP contribution in [-0.2, 0) is 14.6 Å². The lowest BCUT2D eigenvalue weighted by Crippen LogP contribution is -2.27. The van der Waals surface area contributed by atoms with Crippen LogP contribution in [0.25, 0.3) is 5.65 Å². The molecular formula is C19H21F3N4O3S. The zero-order chi connectivity index (χ0) is 21.4. The van der Waals surface area contributed by atoms with Gasteiger partial charge in [-0.25, -0.2) is 17.9 Å². The van der Waals surface area contributed by atoms with Crippen molar-refractivity contribution in [3.8, 4) is 0 Å². The van der Waals surface area contributed by atoms with E-state index in [0.717, 1.165) is 0 Å². The van der Waals surface area contributed by atoms with E-state index in [-0.39, 0.29) is 29.1 Å². The Kier molecular flexibility index (Phi) is 5.48. The standard InChI is InChI=1S/C19H21F3N4O3S/c20-19(21,22)29-15-3-1-2-14(10-15)16-12-24-26-7-4-17(25-18(16)26)23-11-13-5-8-30(27,28)9-6-13/h1,3-4,7,10,12-14H,2,5-6,8-9,11H2,(H,23,25). The molecule has 7 nitrogen and oxygen atoms in total. The molecule has 1 atom stereocenters. The van der Waals surface area contributed by atoms with Crippen LogP contribution < -0.4 is 5.32 Å². The quantitative estimate of drug-likeness (QED) is 0.764. The average Bonchev–Trinajstić information content (AvgIpc) is 3.09. The Morgan fingerprint density at radius 2 is 2.03 bits per heavy atom. The highest BCUT2D eigenvalue weighted by atomic mass is 32.2. The molecule has 2 aliphatic rings. The molecule has 0 amide bonds. The molecule has 0 saturated carbocycles. The van der Waals surface area contributed by atoms with Gasteiger partial charge in [-0.15, -0.1) is 13.2 Å². The molecule has 11 heteroatoms. The molecule has 30 heavy (non-hydrogen) atoms. The predicted octanol–water partition coefficient (Wildman–Crippen LogP) is 3.43. The van der Waals surface area contributed by atoms with Crippen LogP contribution in [0.5, 0.6) is 0 Å². The second-order valence-corrected chi connectivity index (χ2v) is 9.82. The van der Waals surface area contributed by atoms with Crippen LogP contribution in [0.1, 0.15) is 30.7 Å². The van der Waals surface area contributed by atoms with Gasteiger partial charge in [0.1, 0.15) is 21.4 Å². The summed E-state index contributed by atoms with van der Waals surface area (Å²) >= 11 is 0. The van der Waals surface area contributed by atoms with E-state index in [2.05, 4.69) is 20.1 Å². The lowest BCUT2D eigenvalue weighted by molar-refractivity contribution is -0.303. The van der Waals surface area contributed by atoms with Crippen LogP contribution in [-0.4, -0.2) is 47.4 Å². The van der Waals surface area contributed by atoms with Gasteiger partial charge in [0, 0.05) is 24.2 Å². The minimum atomic E-state index is -4.74. The first-order valence-corrected chi connectivity index (χ1v) is 11.4. The number of hydrogen-bond donors (Lipinski definition) is 1. The van der Waals surface area contributed by atoms with Gasteiger partial charge in [0.25, 0.3) is 0 Å². The Bertz CT molecular complexity index is 1080. The maximum absolute atomic E-state index is 12.5. The van der Waals surface area contributed by atoms with Gasteiger partial charge in [-0.2, -0.15) is 5.10 Å². The Morgan fingerprint density at radius 1 is 1.27 bits per heavy atom. The number of nitrogens with zero attached hydrogens (tertiary/aromatic N) is 3. The lowest BCUT2D eigenvalue weighted by atomic mass is 9.94. The predicted molar refractivity (Wildman–Crippen MR) is 105 cm³/mol. The van der Waals surface area contributed by atoms with Crippen molar-refractivity contribution in [3.05, 3.63) is 48.0 Å². The van der Waals surface area contributed by atoms with E-state index in [1.807, 2.05) is 0 Å². The van der Waals surface area contributed by atoms with Gasteiger partial charge >= 0.3 is 6.36 Å². The minimum Gasteiger partial charge on any atom is -0.406 e. The van der Waals surface area contributed by atoms with Crippen molar-refractivity contribution < 1.29 is 26.3 Å². The van der Waals surface area contributed by atoms with E-state index in [4.69, 9.17) is 0 Å². The molecule has 1 unspecified atom stereocenters. The maximum atomic E-state index is 12.5. The fraction of sp³-hybridized carbons (Fsp3) is 0.474. The number of aromatic nitrogens is 3. The van der Waals surface area contributed by atoms with Gasteiger partial charge < -0.3 is 10.1 Å². The number of fused-ring (bicyclic) bond motifs is 1. The molecule has 2 aromatic rings. The van der Waals surface area contributed by atoms with Crippen LogP contribution in [0, 0.1) is 5.92 Å². The molecule has 0 aromatic carbocycles. The average molecular weight is 442 g/mol. The molecule has 162 valence electrons. The summed E-state index contributed by atoms with van der Waals surface area (Å²) in [6.07, 6.45) is 4.71. The van der Waals surface area contributed by atoms with E-state index in [1.54, 1.807) is 29.1 Å². The number of halogens is 3. The molecule has 0 radical (unpaired) electrons. The van der Waals surface area contributed by atoms with Gasteiger partial charge in [0.2, 0.25) is 0 Å². The molecule has 3 heterocycles. The highest BCUT2D eigenvalue weighted by molar-refractivity contribution is 7.91. The van der Waals surface area contributed by atoms with Gasteiger partial charge in [-0.05, 0) is 43.4 Å². The molecule has 0 bridgehead atoms. The summed E-state index contributed by atoms with van der Waals surface area (Å²) in [5, 5.41) is 7.49. The zero-order valence-corrected chi connectivity index (χ0v) is 16.8. The molecule has 1 fully saturated rings. The van der Waals surface area contributed by atoms with E-state index >= 15 is 0 Å².